The van der Waals surface area contributed by atoms with Gasteiger partial charge in [0.25, 0.3) is 0 Å². The lowest BCUT2D eigenvalue weighted by atomic mass is 10.1. The molecule has 0 amide bonds. The first-order valence-corrected chi connectivity index (χ1v) is 5.55. The SMILES string of the molecule is CC(N)C1CC1c1ccc(Cl)cc1Cl. The zero-order valence-electron chi connectivity index (χ0n) is 8.00. The first kappa shape index (κ1) is 10.3. The highest BCUT2D eigenvalue weighted by atomic mass is 35.5. The van der Waals surface area contributed by atoms with E-state index in [0.29, 0.717) is 16.9 Å². The third-order valence-corrected chi connectivity index (χ3v) is 3.44. The van der Waals surface area contributed by atoms with Crippen molar-refractivity contribution < 1.29 is 0 Å². The Morgan fingerprint density at radius 1 is 1.43 bits per heavy atom. The fourth-order valence-corrected chi connectivity index (χ4v) is 2.50. The number of halogens is 2. The van der Waals surface area contributed by atoms with E-state index in [1.165, 1.54) is 5.56 Å². The van der Waals surface area contributed by atoms with Crippen molar-refractivity contribution >= 4 is 23.2 Å². The van der Waals surface area contributed by atoms with E-state index in [1.807, 2.05) is 12.1 Å². The smallest absolute Gasteiger partial charge is 0.0455 e. The standard InChI is InChI=1S/C11H13Cl2N/c1-6(14)9-5-10(9)8-3-2-7(12)4-11(8)13/h2-4,6,9-10H,5,14H2,1H3. The molecule has 0 saturated heterocycles. The van der Waals surface area contributed by atoms with Gasteiger partial charge in [-0.2, -0.15) is 0 Å². The molecule has 2 N–H and O–H groups in total. The van der Waals surface area contributed by atoms with Gasteiger partial charge in [-0.3, -0.25) is 0 Å². The van der Waals surface area contributed by atoms with Gasteiger partial charge in [-0.1, -0.05) is 29.3 Å². The zero-order chi connectivity index (χ0) is 10.3. The maximum atomic E-state index is 6.11. The Kier molecular flexibility index (Phi) is 2.74. The third-order valence-electron chi connectivity index (χ3n) is 2.88. The monoisotopic (exact) mass is 229 g/mol. The van der Waals surface area contributed by atoms with Crippen molar-refractivity contribution in [3.05, 3.63) is 33.8 Å². The maximum absolute atomic E-state index is 6.11. The summed E-state index contributed by atoms with van der Waals surface area (Å²) in [7, 11) is 0. The van der Waals surface area contributed by atoms with Crippen molar-refractivity contribution in [2.24, 2.45) is 11.7 Å². The molecule has 0 aliphatic heterocycles. The van der Waals surface area contributed by atoms with Crippen molar-refractivity contribution in [1.29, 1.82) is 0 Å². The average Bonchev–Trinajstić information content (AvgIpc) is 2.83. The maximum Gasteiger partial charge on any atom is 0.0455 e. The second kappa shape index (κ2) is 3.73. The highest BCUT2D eigenvalue weighted by Crippen LogP contribution is 2.51. The molecule has 0 radical (unpaired) electrons. The summed E-state index contributed by atoms with van der Waals surface area (Å²) in [5.74, 6) is 1.13. The lowest BCUT2D eigenvalue weighted by Gasteiger charge is -2.06. The summed E-state index contributed by atoms with van der Waals surface area (Å²) in [5, 5.41) is 1.46. The molecule has 1 nitrogen and oxygen atoms in total. The van der Waals surface area contributed by atoms with Gasteiger partial charge in [0.05, 0.1) is 0 Å². The number of nitrogens with two attached hydrogens (primary N) is 1. The van der Waals surface area contributed by atoms with E-state index in [2.05, 4.69) is 6.92 Å². The Morgan fingerprint density at radius 3 is 2.64 bits per heavy atom. The quantitative estimate of drug-likeness (QED) is 0.827. The molecule has 3 unspecified atom stereocenters. The van der Waals surface area contributed by atoms with Gasteiger partial charge >= 0.3 is 0 Å². The summed E-state index contributed by atoms with van der Waals surface area (Å²) in [4.78, 5) is 0. The molecule has 1 aromatic carbocycles. The summed E-state index contributed by atoms with van der Waals surface area (Å²) in [6, 6.07) is 5.96. The molecule has 0 bridgehead atoms. The van der Waals surface area contributed by atoms with Crippen LogP contribution in [0.4, 0.5) is 0 Å². The molecule has 1 fully saturated rings. The van der Waals surface area contributed by atoms with Crippen molar-refractivity contribution in [1.82, 2.24) is 0 Å². The van der Waals surface area contributed by atoms with Crippen LogP contribution >= 0.6 is 23.2 Å². The van der Waals surface area contributed by atoms with Gasteiger partial charge in [-0.15, -0.1) is 0 Å². The third kappa shape index (κ3) is 1.90. The van der Waals surface area contributed by atoms with Crippen LogP contribution in [0, 0.1) is 5.92 Å². The molecular formula is C11H13Cl2N. The van der Waals surface area contributed by atoms with Crippen LogP contribution in [0.3, 0.4) is 0 Å². The van der Waals surface area contributed by atoms with Crippen LogP contribution in [0.5, 0.6) is 0 Å². The number of rotatable bonds is 2. The van der Waals surface area contributed by atoms with Gasteiger partial charge in [0, 0.05) is 16.1 Å². The van der Waals surface area contributed by atoms with E-state index in [-0.39, 0.29) is 6.04 Å². The molecule has 0 spiro atoms. The van der Waals surface area contributed by atoms with Crippen LogP contribution in [0.25, 0.3) is 0 Å². The van der Waals surface area contributed by atoms with Crippen molar-refractivity contribution in [2.75, 3.05) is 0 Å². The van der Waals surface area contributed by atoms with Crippen LogP contribution in [-0.4, -0.2) is 6.04 Å². The molecule has 1 aliphatic carbocycles. The van der Waals surface area contributed by atoms with Gasteiger partial charge < -0.3 is 5.73 Å². The predicted octanol–water partition coefficient (Wildman–Crippen LogP) is 3.44. The molecule has 0 heterocycles. The van der Waals surface area contributed by atoms with E-state index < -0.39 is 0 Å². The summed E-state index contributed by atoms with van der Waals surface area (Å²) < 4.78 is 0. The molecular weight excluding hydrogens is 217 g/mol. The first-order chi connectivity index (χ1) is 6.59. The van der Waals surface area contributed by atoms with Gasteiger partial charge in [0.15, 0.2) is 0 Å². The van der Waals surface area contributed by atoms with E-state index in [9.17, 15) is 0 Å². The average molecular weight is 230 g/mol. The van der Waals surface area contributed by atoms with Crippen LogP contribution in [0.1, 0.15) is 24.8 Å². The summed E-state index contributed by atoms with van der Waals surface area (Å²) in [6.45, 7) is 2.05. The lowest BCUT2D eigenvalue weighted by molar-refractivity contribution is 0.632. The Bertz CT molecular complexity index is 349. The molecule has 1 saturated carbocycles. The minimum absolute atomic E-state index is 0.256. The fourth-order valence-electron chi connectivity index (χ4n) is 1.96. The minimum Gasteiger partial charge on any atom is -0.328 e. The van der Waals surface area contributed by atoms with Crippen molar-refractivity contribution in [3.8, 4) is 0 Å². The molecule has 3 atom stereocenters. The van der Waals surface area contributed by atoms with Gasteiger partial charge in [-0.05, 0) is 42.9 Å². The Morgan fingerprint density at radius 2 is 2.14 bits per heavy atom. The molecule has 1 aliphatic rings. The molecule has 2 rings (SSSR count). The molecule has 1 aromatic rings. The van der Waals surface area contributed by atoms with Gasteiger partial charge in [-0.25, -0.2) is 0 Å². The number of hydrogen-bond acceptors (Lipinski definition) is 1. The molecule has 3 heteroatoms. The highest BCUT2D eigenvalue weighted by Gasteiger charge is 2.41. The Labute approximate surface area is 94.2 Å². The predicted molar refractivity (Wildman–Crippen MR) is 61.0 cm³/mol. The summed E-state index contributed by atoms with van der Waals surface area (Å²) in [5.41, 5.74) is 7.03. The lowest BCUT2D eigenvalue weighted by Crippen LogP contribution is -2.17. The van der Waals surface area contributed by atoms with Crippen LogP contribution in [0.2, 0.25) is 10.0 Å². The van der Waals surface area contributed by atoms with Crippen molar-refractivity contribution in [3.63, 3.8) is 0 Å². The van der Waals surface area contributed by atoms with Gasteiger partial charge in [0.1, 0.15) is 0 Å². The molecule has 14 heavy (non-hydrogen) atoms. The van der Waals surface area contributed by atoms with Crippen LogP contribution < -0.4 is 5.73 Å². The first-order valence-electron chi connectivity index (χ1n) is 4.80. The second-order valence-electron chi connectivity index (χ2n) is 4.03. The largest absolute Gasteiger partial charge is 0.328 e. The molecule has 76 valence electrons. The second-order valence-corrected chi connectivity index (χ2v) is 4.87. The zero-order valence-corrected chi connectivity index (χ0v) is 9.52. The number of hydrogen-bond donors (Lipinski definition) is 1. The Balaban J connectivity index is 2.19. The van der Waals surface area contributed by atoms with Gasteiger partial charge in [0.2, 0.25) is 0 Å². The van der Waals surface area contributed by atoms with E-state index in [1.54, 1.807) is 6.07 Å². The highest BCUT2D eigenvalue weighted by molar-refractivity contribution is 6.35. The van der Waals surface area contributed by atoms with Crippen molar-refractivity contribution in [2.45, 2.75) is 25.3 Å². The topological polar surface area (TPSA) is 26.0 Å². The van der Waals surface area contributed by atoms with Crippen LogP contribution in [0.15, 0.2) is 18.2 Å². The minimum atomic E-state index is 0.256. The Hall–Kier alpha value is -0.240. The molecule has 0 aromatic heterocycles. The summed E-state index contributed by atoms with van der Waals surface area (Å²) >= 11 is 11.9. The normalized spacial score (nSPS) is 27.4. The van der Waals surface area contributed by atoms with E-state index in [4.69, 9.17) is 28.9 Å². The fraction of sp³-hybridized carbons (Fsp3) is 0.455. The summed E-state index contributed by atoms with van der Waals surface area (Å²) in [6.07, 6.45) is 1.15. The van der Waals surface area contributed by atoms with E-state index in [0.717, 1.165) is 11.4 Å². The van der Waals surface area contributed by atoms with E-state index >= 15 is 0 Å². The van der Waals surface area contributed by atoms with Crippen LogP contribution in [-0.2, 0) is 0 Å². The number of benzene rings is 1.